The summed E-state index contributed by atoms with van der Waals surface area (Å²) in [5.41, 5.74) is -0.170. The van der Waals surface area contributed by atoms with Gasteiger partial charge in [0.25, 0.3) is 5.69 Å². The van der Waals surface area contributed by atoms with E-state index in [9.17, 15) is 18.5 Å². The lowest BCUT2D eigenvalue weighted by Crippen LogP contribution is -2.28. The SMILES string of the molecule is COc1ccc(OCCNS(=O)(=O)c2ccc([N+](=O)[O-])cc2)cc1. The average Bonchev–Trinajstić information content (AvgIpc) is 2.59. The molecular formula is C15H16N2O6S. The second-order valence-electron chi connectivity index (χ2n) is 4.67. The zero-order valence-electron chi connectivity index (χ0n) is 12.8. The standard InChI is InChI=1S/C15H16N2O6S/c1-22-13-4-6-14(7-5-13)23-11-10-16-24(20,21)15-8-2-12(3-9-15)17(18)19/h2-9,16H,10-11H2,1H3. The fraction of sp³-hybridized carbons (Fsp3) is 0.200. The van der Waals surface area contributed by atoms with Gasteiger partial charge in [0, 0.05) is 18.7 Å². The lowest BCUT2D eigenvalue weighted by Gasteiger charge is -2.09. The summed E-state index contributed by atoms with van der Waals surface area (Å²) in [6.07, 6.45) is 0. The van der Waals surface area contributed by atoms with Crippen molar-refractivity contribution in [3.63, 3.8) is 0 Å². The lowest BCUT2D eigenvalue weighted by molar-refractivity contribution is -0.384. The largest absolute Gasteiger partial charge is 0.497 e. The van der Waals surface area contributed by atoms with E-state index in [2.05, 4.69) is 4.72 Å². The smallest absolute Gasteiger partial charge is 0.269 e. The number of methoxy groups -OCH3 is 1. The highest BCUT2D eigenvalue weighted by Gasteiger charge is 2.15. The summed E-state index contributed by atoms with van der Waals surface area (Å²) in [4.78, 5) is 9.93. The van der Waals surface area contributed by atoms with Gasteiger partial charge in [-0.25, -0.2) is 13.1 Å². The Labute approximate surface area is 139 Å². The van der Waals surface area contributed by atoms with Gasteiger partial charge in [-0.05, 0) is 36.4 Å². The molecule has 0 aliphatic rings. The number of nitro benzene ring substituents is 1. The van der Waals surface area contributed by atoms with Crippen molar-refractivity contribution in [1.82, 2.24) is 4.72 Å². The average molecular weight is 352 g/mol. The quantitative estimate of drug-likeness (QED) is 0.442. The van der Waals surface area contributed by atoms with Gasteiger partial charge in [-0.1, -0.05) is 0 Å². The van der Waals surface area contributed by atoms with Crippen LogP contribution in [0.3, 0.4) is 0 Å². The van der Waals surface area contributed by atoms with E-state index in [1.165, 1.54) is 12.1 Å². The molecule has 2 aromatic rings. The van der Waals surface area contributed by atoms with Gasteiger partial charge in [0.1, 0.15) is 18.1 Å². The van der Waals surface area contributed by atoms with Gasteiger partial charge in [-0.15, -0.1) is 0 Å². The highest BCUT2D eigenvalue weighted by atomic mass is 32.2. The fourth-order valence-corrected chi connectivity index (χ4v) is 2.86. The summed E-state index contributed by atoms with van der Waals surface area (Å²) in [6, 6.07) is 11.5. The Hall–Kier alpha value is -2.65. The third kappa shape index (κ3) is 4.67. The molecule has 0 atom stereocenters. The van der Waals surface area contributed by atoms with Crippen LogP contribution in [0.15, 0.2) is 53.4 Å². The molecule has 0 radical (unpaired) electrons. The van der Waals surface area contributed by atoms with Crippen molar-refractivity contribution in [2.75, 3.05) is 20.3 Å². The molecule has 0 unspecified atom stereocenters. The van der Waals surface area contributed by atoms with E-state index < -0.39 is 14.9 Å². The predicted molar refractivity (Wildman–Crippen MR) is 86.8 cm³/mol. The Bertz CT molecular complexity index is 788. The number of nitrogens with zero attached hydrogens (tertiary/aromatic N) is 1. The summed E-state index contributed by atoms with van der Waals surface area (Å²) in [5, 5.41) is 10.6. The van der Waals surface area contributed by atoms with Crippen LogP contribution in [-0.2, 0) is 10.0 Å². The van der Waals surface area contributed by atoms with Crippen LogP contribution in [-0.4, -0.2) is 33.6 Å². The number of non-ortho nitro benzene ring substituents is 1. The van der Waals surface area contributed by atoms with E-state index in [0.717, 1.165) is 12.1 Å². The van der Waals surface area contributed by atoms with Crippen LogP contribution in [0, 0.1) is 10.1 Å². The van der Waals surface area contributed by atoms with Crippen molar-refractivity contribution in [2.45, 2.75) is 4.90 Å². The molecular weight excluding hydrogens is 336 g/mol. The van der Waals surface area contributed by atoms with Gasteiger partial charge in [0.15, 0.2) is 0 Å². The monoisotopic (exact) mass is 352 g/mol. The summed E-state index contributed by atoms with van der Waals surface area (Å²) in [6.45, 7) is 0.198. The number of benzene rings is 2. The molecule has 0 saturated carbocycles. The topological polar surface area (TPSA) is 108 Å². The van der Waals surface area contributed by atoms with Gasteiger partial charge in [-0.2, -0.15) is 0 Å². The molecule has 2 rings (SSSR count). The molecule has 1 N–H and O–H groups in total. The molecule has 0 amide bonds. The van der Waals surface area contributed by atoms with E-state index in [4.69, 9.17) is 9.47 Å². The minimum atomic E-state index is -3.74. The van der Waals surface area contributed by atoms with Gasteiger partial charge >= 0.3 is 0 Å². The third-order valence-corrected chi connectivity index (χ3v) is 4.56. The second kappa shape index (κ2) is 7.75. The van der Waals surface area contributed by atoms with Crippen molar-refractivity contribution in [3.8, 4) is 11.5 Å². The van der Waals surface area contributed by atoms with Crippen molar-refractivity contribution in [1.29, 1.82) is 0 Å². The summed E-state index contributed by atoms with van der Waals surface area (Å²) < 4.78 is 36.9. The summed E-state index contributed by atoms with van der Waals surface area (Å²) in [7, 11) is -2.18. The van der Waals surface area contributed by atoms with Crippen molar-refractivity contribution >= 4 is 15.7 Å². The number of sulfonamides is 1. The van der Waals surface area contributed by atoms with E-state index in [1.54, 1.807) is 31.4 Å². The zero-order chi connectivity index (χ0) is 17.6. The third-order valence-electron chi connectivity index (χ3n) is 3.08. The predicted octanol–water partition coefficient (Wildman–Crippen LogP) is 1.96. The Morgan fingerprint density at radius 2 is 1.62 bits per heavy atom. The Balaban J connectivity index is 1.86. The molecule has 0 spiro atoms. The highest BCUT2D eigenvalue weighted by molar-refractivity contribution is 7.89. The molecule has 0 saturated heterocycles. The molecule has 9 heteroatoms. The van der Waals surface area contributed by atoms with E-state index in [0.29, 0.717) is 11.5 Å². The molecule has 0 heterocycles. The van der Waals surface area contributed by atoms with Crippen molar-refractivity contribution in [2.24, 2.45) is 0 Å². The summed E-state index contributed by atoms with van der Waals surface area (Å²) >= 11 is 0. The van der Waals surface area contributed by atoms with Crippen LogP contribution in [0.25, 0.3) is 0 Å². The minimum Gasteiger partial charge on any atom is -0.497 e. The van der Waals surface area contributed by atoms with Gasteiger partial charge in [0.05, 0.1) is 16.9 Å². The van der Waals surface area contributed by atoms with Crippen molar-refractivity contribution < 1.29 is 22.8 Å². The lowest BCUT2D eigenvalue weighted by atomic mass is 10.3. The second-order valence-corrected chi connectivity index (χ2v) is 6.44. The molecule has 128 valence electrons. The van der Waals surface area contributed by atoms with E-state index in [1.807, 2.05) is 0 Å². The number of hydrogen-bond donors (Lipinski definition) is 1. The van der Waals surface area contributed by atoms with Crippen LogP contribution >= 0.6 is 0 Å². The van der Waals surface area contributed by atoms with Gasteiger partial charge in [0.2, 0.25) is 10.0 Å². The molecule has 0 aromatic heterocycles. The van der Waals surface area contributed by atoms with Gasteiger partial charge < -0.3 is 9.47 Å². The Morgan fingerprint density at radius 3 is 2.17 bits per heavy atom. The molecule has 8 nitrogen and oxygen atoms in total. The van der Waals surface area contributed by atoms with Crippen molar-refractivity contribution in [3.05, 3.63) is 58.6 Å². The molecule has 0 fully saturated rings. The van der Waals surface area contributed by atoms with E-state index in [-0.39, 0.29) is 23.7 Å². The van der Waals surface area contributed by atoms with Crippen LogP contribution < -0.4 is 14.2 Å². The first-order valence-electron chi connectivity index (χ1n) is 6.93. The minimum absolute atomic E-state index is 0.0439. The molecule has 0 aliphatic carbocycles. The first-order valence-corrected chi connectivity index (χ1v) is 8.41. The molecule has 0 bridgehead atoms. The molecule has 2 aromatic carbocycles. The van der Waals surface area contributed by atoms with Gasteiger partial charge in [-0.3, -0.25) is 10.1 Å². The maximum Gasteiger partial charge on any atom is 0.269 e. The highest BCUT2D eigenvalue weighted by Crippen LogP contribution is 2.17. The molecule has 0 aliphatic heterocycles. The van der Waals surface area contributed by atoms with Crippen LogP contribution in [0.5, 0.6) is 11.5 Å². The number of rotatable bonds is 8. The number of nitro groups is 1. The number of nitrogens with one attached hydrogen (secondary N) is 1. The number of ether oxygens (including phenoxy) is 2. The Kier molecular flexibility index (Phi) is 5.72. The number of hydrogen-bond acceptors (Lipinski definition) is 6. The zero-order valence-corrected chi connectivity index (χ0v) is 13.7. The maximum absolute atomic E-state index is 12.1. The normalized spacial score (nSPS) is 11.0. The molecule has 24 heavy (non-hydrogen) atoms. The van der Waals surface area contributed by atoms with Crippen LogP contribution in [0.2, 0.25) is 0 Å². The van der Waals surface area contributed by atoms with E-state index >= 15 is 0 Å². The Morgan fingerprint density at radius 1 is 1.04 bits per heavy atom. The van der Waals surface area contributed by atoms with Crippen LogP contribution in [0.1, 0.15) is 0 Å². The van der Waals surface area contributed by atoms with Crippen LogP contribution in [0.4, 0.5) is 5.69 Å². The first-order chi connectivity index (χ1) is 11.4. The summed E-state index contributed by atoms with van der Waals surface area (Å²) in [5.74, 6) is 1.28. The maximum atomic E-state index is 12.1. The fourth-order valence-electron chi connectivity index (χ4n) is 1.85. The first kappa shape index (κ1) is 17.7.